The van der Waals surface area contributed by atoms with Crippen molar-refractivity contribution >= 4 is 75.9 Å². The number of aliphatic carboxylic acids is 1. The summed E-state index contributed by atoms with van der Waals surface area (Å²) >= 11 is 0. The minimum Gasteiger partial charge on any atom is -0.481 e. The largest absolute Gasteiger partial charge is 0.481 e. The maximum Gasteiger partial charge on any atom is 0.407 e. The van der Waals surface area contributed by atoms with Crippen LogP contribution in [0.1, 0.15) is 63.0 Å². The number of benzene rings is 3. The van der Waals surface area contributed by atoms with Crippen LogP contribution in [0.2, 0.25) is 0 Å². The molecule has 512 valence electrons. The topological polar surface area (TPSA) is 410 Å². The number of carbonyl (C=O) groups is 9. The van der Waals surface area contributed by atoms with Crippen LogP contribution in [-0.4, -0.2) is 186 Å². The maximum atomic E-state index is 14.4. The molecule has 3 aromatic carbocycles. The summed E-state index contributed by atoms with van der Waals surface area (Å²) in [5.41, 5.74) is 11.0. The number of carboxylic acid groups (broad SMARTS) is 1. The number of nitrogens with one attached hydrogen (secondary N) is 8. The zero-order valence-electron chi connectivity index (χ0n) is 53.3. The first-order valence-electron chi connectivity index (χ1n) is 31.0. The first-order valence-corrected chi connectivity index (χ1v) is 31.0. The molecule has 3 atom stereocenters. The number of pyridine rings is 1. The molecule has 11 N–H and O–H groups in total. The fraction of sp³-hybridized carbons (Fsp3) is 0.400. The maximum absolute atomic E-state index is 14.4. The molecule has 1 aliphatic heterocycles. The van der Waals surface area contributed by atoms with E-state index in [0.29, 0.717) is 50.9 Å². The van der Waals surface area contributed by atoms with Gasteiger partial charge in [0.15, 0.2) is 0 Å². The fourth-order valence-corrected chi connectivity index (χ4v) is 9.37. The van der Waals surface area contributed by atoms with Crippen LogP contribution in [0.3, 0.4) is 0 Å². The van der Waals surface area contributed by atoms with Gasteiger partial charge in [-0.2, -0.15) is 0 Å². The summed E-state index contributed by atoms with van der Waals surface area (Å²) in [6, 6.07) is 19.2. The molecule has 7 rings (SSSR count). The van der Waals surface area contributed by atoms with E-state index in [4.69, 9.17) is 44.1 Å². The van der Waals surface area contributed by atoms with Crippen molar-refractivity contribution in [1.82, 2.24) is 56.4 Å². The van der Waals surface area contributed by atoms with Crippen LogP contribution in [0.4, 0.5) is 25.4 Å². The van der Waals surface area contributed by atoms with E-state index in [0.717, 1.165) is 16.2 Å². The van der Waals surface area contributed by atoms with Crippen LogP contribution < -0.4 is 47.7 Å². The molecular formula is C65H79FN14O16. The molecular weight excluding hydrogens is 1250 g/mol. The highest BCUT2D eigenvalue weighted by Crippen LogP contribution is 2.32. The molecule has 6 aromatic rings. The molecule has 0 radical (unpaired) electrons. The number of imidazole rings is 1. The van der Waals surface area contributed by atoms with Crippen molar-refractivity contribution in [3.8, 4) is 28.5 Å². The smallest absolute Gasteiger partial charge is 0.407 e. The number of nitrogens with two attached hydrogens (primary N) is 1. The van der Waals surface area contributed by atoms with Gasteiger partial charge in [0.2, 0.25) is 29.5 Å². The Hall–Kier alpha value is -10.5. The molecule has 30 nitrogen and oxygen atoms in total. The molecule has 0 fully saturated rings. The quantitative estimate of drug-likeness (QED) is 0.0190. The van der Waals surface area contributed by atoms with E-state index in [9.17, 15) is 52.6 Å². The summed E-state index contributed by atoms with van der Waals surface area (Å²) in [6.07, 6.45) is 2.34. The number of alkyl carbamates (subject to hydrolysis) is 1. The van der Waals surface area contributed by atoms with Crippen molar-refractivity contribution in [3.05, 3.63) is 126 Å². The standard InChI is InChI=1S/C65H79FN14O16/c1-40(2)58(79-62(87)50(19-22-57(84)85)74-53(81)23-27-91-30-32-93-34-35-94-33-31-92-29-26-80-55(82)20-21-56(80)83)63(88)76-49(12-7-24-68-64(67)89)61(86)73-44-16-13-42(14-17-44)39-96-65(90)69-25-28-95-54-38-71-47-18-15-43(36-51(47)75-54)59-60(48-11-6-8-41(3)72-48)78-52(77-59)37-70-46-10-5-4-9-45(46)66/h4-6,8-11,13-18,20-21,36,38,40,49-50,58,70H,7,12,19,22-35,37,39H2,1-3H3,(H,69,90)(H,73,86)(H,74,81)(H,76,88)(H,77,78)(H,79,87)(H,84,85)(H3,67,68,89)/t49-,50-,58-/m0/s1. The van der Waals surface area contributed by atoms with E-state index in [2.05, 4.69) is 52.2 Å². The molecule has 0 spiro atoms. The number of amides is 9. The molecule has 9 amide bonds. The lowest BCUT2D eigenvalue weighted by Gasteiger charge is -2.27. The first kappa shape index (κ1) is 72.9. The number of aromatic nitrogens is 5. The molecule has 31 heteroatoms. The predicted molar refractivity (Wildman–Crippen MR) is 346 cm³/mol. The van der Waals surface area contributed by atoms with Gasteiger partial charge in [-0.25, -0.2) is 28.9 Å². The average molecular weight is 1330 g/mol. The van der Waals surface area contributed by atoms with E-state index in [1.165, 1.54) is 24.4 Å². The van der Waals surface area contributed by atoms with Gasteiger partial charge in [-0.05, 0) is 86.2 Å². The number of hydrogen-bond acceptors (Lipinski definition) is 20. The van der Waals surface area contributed by atoms with Gasteiger partial charge in [0, 0.05) is 48.5 Å². The second-order valence-corrected chi connectivity index (χ2v) is 22.0. The Labute approximate surface area is 551 Å². The summed E-state index contributed by atoms with van der Waals surface area (Å²) in [4.78, 5) is 136. The molecule has 96 heavy (non-hydrogen) atoms. The number of carboxylic acids is 1. The van der Waals surface area contributed by atoms with Crippen molar-refractivity contribution in [1.29, 1.82) is 0 Å². The number of nitrogens with zero attached hydrogens (tertiary/aromatic N) is 5. The number of aromatic amines is 1. The SMILES string of the molecule is Cc1cccc(-c2nc(CNc3ccccc3F)[nH]c2-c2ccc3ncc(OCCNC(=O)OCc4ccc(NC(=O)[C@H](CCCNC(N)=O)NC(=O)[C@@H](NC(=O)[C@H](CCC(=O)O)NC(=O)CCOCCOCCOCCOCCN5C(=O)C=CC5=O)C(C)C)cc4)nc3c2)n1. The number of imide groups is 1. The van der Waals surface area contributed by atoms with Crippen LogP contribution in [0.25, 0.3) is 33.7 Å². The second kappa shape index (κ2) is 38.0. The Morgan fingerprint density at radius 3 is 2.08 bits per heavy atom. The van der Waals surface area contributed by atoms with Crippen molar-refractivity contribution < 1.29 is 81.1 Å². The molecule has 0 saturated carbocycles. The first-order chi connectivity index (χ1) is 46.3. The van der Waals surface area contributed by atoms with E-state index in [-0.39, 0.29) is 141 Å². The van der Waals surface area contributed by atoms with Gasteiger partial charge >= 0.3 is 18.1 Å². The number of fused-ring (bicyclic) bond motifs is 1. The molecule has 3 aromatic heterocycles. The third-order valence-corrected chi connectivity index (χ3v) is 14.3. The van der Waals surface area contributed by atoms with Gasteiger partial charge in [0.05, 0.1) is 107 Å². The van der Waals surface area contributed by atoms with Crippen molar-refractivity contribution in [3.63, 3.8) is 0 Å². The van der Waals surface area contributed by atoms with Gasteiger partial charge in [-0.1, -0.05) is 50.2 Å². The lowest BCUT2D eigenvalue weighted by molar-refractivity contribution is -0.139. The van der Waals surface area contributed by atoms with Crippen LogP contribution >= 0.6 is 0 Å². The Balaban J connectivity index is 0.831. The highest BCUT2D eigenvalue weighted by atomic mass is 19.1. The number of H-pyrrole nitrogens is 1. The number of rotatable bonds is 41. The number of hydrogen-bond donors (Lipinski definition) is 10. The Morgan fingerprint density at radius 2 is 1.40 bits per heavy atom. The molecule has 0 saturated heterocycles. The Kier molecular flexibility index (Phi) is 28.9. The van der Waals surface area contributed by atoms with Crippen LogP contribution in [0.5, 0.6) is 5.88 Å². The van der Waals surface area contributed by atoms with Crippen molar-refractivity contribution in [2.45, 2.75) is 84.2 Å². The Morgan fingerprint density at radius 1 is 0.698 bits per heavy atom. The van der Waals surface area contributed by atoms with Crippen molar-refractivity contribution in [2.75, 3.05) is 89.7 Å². The molecule has 1 aliphatic rings. The summed E-state index contributed by atoms with van der Waals surface area (Å²) in [6.45, 7) is 6.95. The monoisotopic (exact) mass is 1330 g/mol. The normalized spacial score (nSPS) is 12.8. The molecule has 0 bridgehead atoms. The highest BCUT2D eigenvalue weighted by Gasteiger charge is 2.32. The number of aryl methyl sites for hydroxylation is 1. The summed E-state index contributed by atoms with van der Waals surface area (Å²) in [5, 5.41) is 28.1. The van der Waals surface area contributed by atoms with Gasteiger partial charge in [0.1, 0.15) is 48.7 Å². The van der Waals surface area contributed by atoms with E-state index in [1.54, 1.807) is 56.3 Å². The third-order valence-electron chi connectivity index (χ3n) is 14.3. The van der Waals surface area contributed by atoms with Gasteiger partial charge < -0.3 is 81.5 Å². The zero-order valence-corrected chi connectivity index (χ0v) is 53.3. The number of urea groups is 1. The van der Waals surface area contributed by atoms with Crippen LogP contribution in [-0.2, 0) is 70.4 Å². The van der Waals surface area contributed by atoms with Gasteiger partial charge in [0.25, 0.3) is 11.8 Å². The van der Waals surface area contributed by atoms with Gasteiger partial charge in [-0.3, -0.25) is 43.4 Å². The molecule has 0 aliphatic carbocycles. The highest BCUT2D eigenvalue weighted by molar-refractivity contribution is 6.12. The molecule has 4 heterocycles. The predicted octanol–water partition coefficient (Wildman–Crippen LogP) is 4.19. The number of ether oxygens (including phenoxy) is 6. The van der Waals surface area contributed by atoms with Crippen molar-refractivity contribution in [2.24, 2.45) is 11.7 Å². The summed E-state index contributed by atoms with van der Waals surface area (Å²) in [5.74, 6) is -5.08. The van der Waals surface area contributed by atoms with E-state index < -0.39 is 72.2 Å². The van der Waals surface area contributed by atoms with E-state index >= 15 is 0 Å². The second-order valence-electron chi connectivity index (χ2n) is 22.0. The number of carbonyl (C=O) groups excluding carboxylic acids is 8. The average Bonchev–Trinajstić information content (AvgIpc) is 1.56. The fourth-order valence-electron chi connectivity index (χ4n) is 9.37. The lowest BCUT2D eigenvalue weighted by atomic mass is 10.0. The zero-order chi connectivity index (χ0) is 68.8. The summed E-state index contributed by atoms with van der Waals surface area (Å²) < 4.78 is 47.4. The van der Waals surface area contributed by atoms with Crippen LogP contribution in [0, 0.1) is 18.7 Å². The number of primary amides is 1. The summed E-state index contributed by atoms with van der Waals surface area (Å²) in [7, 11) is 0. The Bertz CT molecular complexity index is 3650. The lowest BCUT2D eigenvalue weighted by Crippen LogP contribution is -2.58. The number of para-hydroxylation sites is 1. The molecule has 0 unspecified atom stereocenters. The minimum absolute atomic E-state index is 0.00758. The third kappa shape index (κ3) is 24.1. The van der Waals surface area contributed by atoms with E-state index in [1.807, 2.05) is 43.3 Å². The van der Waals surface area contributed by atoms with Gasteiger partial charge in [-0.15, -0.1) is 0 Å². The van der Waals surface area contributed by atoms with Crippen LogP contribution in [0.15, 0.2) is 103 Å². The number of halogens is 1. The number of anilines is 2. The minimum atomic E-state index is -1.36.